The van der Waals surface area contributed by atoms with Crippen molar-refractivity contribution in [2.45, 2.75) is 44.3 Å². The van der Waals surface area contributed by atoms with Gasteiger partial charge in [0, 0.05) is 55.5 Å². The number of fused-ring (bicyclic) bond motifs is 1. The Morgan fingerprint density at radius 2 is 1.82 bits per heavy atom. The number of carbonyl (C=O) groups is 4. The van der Waals surface area contributed by atoms with Crippen molar-refractivity contribution in [3.05, 3.63) is 43.8 Å². The van der Waals surface area contributed by atoms with E-state index in [1.165, 1.54) is 28.4 Å². The van der Waals surface area contributed by atoms with Crippen molar-refractivity contribution in [1.82, 2.24) is 25.4 Å². The van der Waals surface area contributed by atoms with Gasteiger partial charge in [0.1, 0.15) is 0 Å². The Labute approximate surface area is 247 Å². The zero-order valence-electron chi connectivity index (χ0n) is 21.8. The zero-order chi connectivity index (χ0) is 27.6. The highest BCUT2D eigenvalue weighted by Crippen LogP contribution is 2.29. The summed E-state index contributed by atoms with van der Waals surface area (Å²) in [5, 5.41) is 9.15. The predicted octanol–water partition coefficient (Wildman–Crippen LogP) is 2.97. The first-order valence-corrected chi connectivity index (χ1v) is 13.8. The lowest BCUT2D eigenvalue weighted by atomic mass is 9.81. The van der Waals surface area contributed by atoms with Crippen molar-refractivity contribution < 1.29 is 19.2 Å². The molecular formula is C25H31Cl3N6O4S. The van der Waals surface area contributed by atoms with Crippen LogP contribution in [0.1, 0.15) is 39.6 Å². The summed E-state index contributed by atoms with van der Waals surface area (Å²) in [6.07, 6.45) is 2.03. The molecule has 39 heavy (non-hydrogen) atoms. The quantitative estimate of drug-likeness (QED) is 0.444. The van der Waals surface area contributed by atoms with Crippen LogP contribution >= 0.6 is 46.9 Å². The van der Waals surface area contributed by atoms with Crippen LogP contribution in [0.3, 0.4) is 0 Å². The lowest BCUT2D eigenvalue weighted by molar-refractivity contribution is -0.137. The molecule has 0 saturated heterocycles. The number of anilines is 1. The van der Waals surface area contributed by atoms with Crippen LogP contribution in [0, 0.1) is 5.92 Å². The van der Waals surface area contributed by atoms with Crippen LogP contribution in [0.5, 0.6) is 0 Å². The van der Waals surface area contributed by atoms with Crippen LogP contribution in [0.25, 0.3) is 0 Å². The second kappa shape index (κ2) is 13.3. The molecule has 1 saturated carbocycles. The summed E-state index contributed by atoms with van der Waals surface area (Å²) in [4.78, 5) is 60.6. The molecule has 2 aliphatic rings. The molecule has 10 nitrogen and oxygen atoms in total. The van der Waals surface area contributed by atoms with Crippen molar-refractivity contribution in [2.75, 3.05) is 33.0 Å². The van der Waals surface area contributed by atoms with Crippen LogP contribution in [-0.4, -0.2) is 78.2 Å². The minimum absolute atomic E-state index is 0. The number of hydrogen-bond acceptors (Lipinski definition) is 7. The normalized spacial score (nSPS) is 20.7. The van der Waals surface area contributed by atoms with Crippen LogP contribution < -0.4 is 16.0 Å². The number of carbonyl (C=O) groups excluding carboxylic acids is 4. The maximum Gasteiger partial charge on any atom is 0.313 e. The minimum Gasteiger partial charge on any atom is -0.349 e. The molecule has 1 aliphatic carbocycles. The molecule has 3 N–H and O–H groups in total. The topological polar surface area (TPSA) is 124 Å². The molecule has 0 radical (unpaired) electrons. The van der Waals surface area contributed by atoms with Crippen LogP contribution in [0.4, 0.5) is 5.69 Å². The molecule has 2 aromatic rings. The van der Waals surface area contributed by atoms with Crippen molar-refractivity contribution in [1.29, 1.82) is 0 Å². The Morgan fingerprint density at radius 1 is 1.08 bits per heavy atom. The molecule has 1 fully saturated rings. The number of likely N-dealkylation sites (N-methyl/N-ethyl adjacent to an activating group) is 1. The summed E-state index contributed by atoms with van der Waals surface area (Å²) in [5.41, 5.74) is 1.18. The zero-order valence-corrected chi connectivity index (χ0v) is 24.9. The number of halogens is 3. The van der Waals surface area contributed by atoms with Gasteiger partial charge in [-0.1, -0.05) is 23.2 Å². The van der Waals surface area contributed by atoms with E-state index in [2.05, 4.69) is 25.8 Å². The Balaban J connectivity index is 0.00000420. The van der Waals surface area contributed by atoms with Crippen molar-refractivity contribution in [3.63, 3.8) is 0 Å². The van der Waals surface area contributed by atoms with Gasteiger partial charge in [-0.25, -0.2) is 4.98 Å². The first kappa shape index (κ1) is 31.1. The molecule has 0 unspecified atom stereocenters. The maximum absolute atomic E-state index is 13.2. The Kier molecular flexibility index (Phi) is 10.6. The van der Waals surface area contributed by atoms with Gasteiger partial charge in [0.15, 0.2) is 5.01 Å². The van der Waals surface area contributed by atoms with Gasteiger partial charge < -0.3 is 25.8 Å². The monoisotopic (exact) mass is 616 g/mol. The molecule has 1 aromatic heterocycles. The second-order valence-electron chi connectivity index (χ2n) is 9.86. The van der Waals surface area contributed by atoms with E-state index in [1.807, 2.05) is 7.05 Å². The van der Waals surface area contributed by atoms with Crippen molar-refractivity contribution in [3.8, 4) is 0 Å². The fraction of sp³-hybridized carbons (Fsp3) is 0.480. The lowest BCUT2D eigenvalue weighted by Gasteiger charge is -2.37. The fourth-order valence-electron chi connectivity index (χ4n) is 4.75. The van der Waals surface area contributed by atoms with Crippen molar-refractivity contribution in [2.24, 2.45) is 5.92 Å². The number of thiazole rings is 1. The maximum atomic E-state index is 13.2. The molecule has 1 aromatic carbocycles. The van der Waals surface area contributed by atoms with E-state index >= 15 is 0 Å². The smallest absolute Gasteiger partial charge is 0.313 e. The van der Waals surface area contributed by atoms with E-state index in [-0.39, 0.29) is 40.8 Å². The van der Waals surface area contributed by atoms with E-state index in [0.717, 1.165) is 30.1 Å². The van der Waals surface area contributed by atoms with Gasteiger partial charge in [-0.15, -0.1) is 23.7 Å². The van der Waals surface area contributed by atoms with Crippen molar-refractivity contribution >= 4 is 76.3 Å². The number of benzene rings is 1. The summed E-state index contributed by atoms with van der Waals surface area (Å²) >= 11 is 13.4. The third-order valence-corrected chi connectivity index (χ3v) is 8.40. The number of nitrogens with zero attached hydrogens (tertiary/aromatic N) is 3. The summed E-state index contributed by atoms with van der Waals surface area (Å²) in [6, 6.07) is 3.39. The van der Waals surface area contributed by atoms with Gasteiger partial charge >= 0.3 is 11.8 Å². The molecule has 3 atom stereocenters. The number of hydrogen-bond donors (Lipinski definition) is 3. The summed E-state index contributed by atoms with van der Waals surface area (Å²) < 4.78 is 0. The third kappa shape index (κ3) is 7.61. The molecular weight excluding hydrogens is 587 g/mol. The number of amides is 4. The van der Waals surface area contributed by atoms with E-state index in [4.69, 9.17) is 23.2 Å². The molecule has 212 valence electrons. The van der Waals surface area contributed by atoms with E-state index < -0.39 is 23.9 Å². The fourth-order valence-corrected chi connectivity index (χ4v) is 6.29. The molecule has 4 rings (SSSR count). The highest BCUT2D eigenvalue weighted by atomic mass is 35.5. The van der Waals surface area contributed by atoms with Gasteiger partial charge in [-0.2, -0.15) is 0 Å². The van der Waals surface area contributed by atoms with Crippen LogP contribution in [-0.2, 0) is 27.3 Å². The van der Waals surface area contributed by atoms with E-state index in [1.54, 1.807) is 20.2 Å². The highest BCUT2D eigenvalue weighted by Gasteiger charge is 2.37. The van der Waals surface area contributed by atoms with Gasteiger partial charge in [-0.05, 0) is 44.5 Å². The highest BCUT2D eigenvalue weighted by molar-refractivity contribution is 7.13. The van der Waals surface area contributed by atoms with E-state index in [0.29, 0.717) is 29.3 Å². The average molecular weight is 618 g/mol. The van der Waals surface area contributed by atoms with Crippen LogP contribution in [0.15, 0.2) is 18.2 Å². The predicted molar refractivity (Wildman–Crippen MR) is 154 cm³/mol. The molecule has 4 amide bonds. The lowest BCUT2D eigenvalue weighted by Crippen LogP contribution is -2.57. The Morgan fingerprint density at radius 3 is 2.51 bits per heavy atom. The van der Waals surface area contributed by atoms with Gasteiger partial charge in [0.05, 0.1) is 22.4 Å². The van der Waals surface area contributed by atoms with Gasteiger partial charge in [-0.3, -0.25) is 19.2 Å². The molecule has 0 bridgehead atoms. The molecule has 2 heterocycles. The van der Waals surface area contributed by atoms with E-state index in [9.17, 15) is 19.2 Å². The summed E-state index contributed by atoms with van der Waals surface area (Å²) in [6.45, 7) is 1.63. The van der Waals surface area contributed by atoms with Gasteiger partial charge in [0.25, 0.3) is 5.91 Å². The Bertz CT molecular complexity index is 1260. The molecule has 0 spiro atoms. The average Bonchev–Trinajstić information content (AvgIpc) is 3.29. The Hall–Kier alpha value is -2.44. The largest absolute Gasteiger partial charge is 0.349 e. The van der Waals surface area contributed by atoms with Crippen LogP contribution in [0.2, 0.25) is 10.0 Å². The number of nitrogens with one attached hydrogen (secondary N) is 3. The SMILES string of the molecule is CN1CCc2nc(C(=O)N[C@@H]3C[C@@H](C(=O)N(C)C)CC[C@@H]3NC(=O)C(=O)Nc3ccc(Cl)cc3Cl)sc2C1.Cl. The first-order chi connectivity index (χ1) is 18.0. The molecule has 1 aliphatic heterocycles. The molecule has 14 heteroatoms. The number of rotatable bonds is 5. The van der Waals surface area contributed by atoms with Gasteiger partial charge in [0.2, 0.25) is 5.91 Å². The standard InChI is InChI=1S/C25H30Cl2N6O4S.ClH/c1-32(2)25(37)13-4-6-17(29-22(35)21(34)28-16-7-5-14(26)11-15(16)27)19(10-13)30-23(36)24-31-18-8-9-33(3)12-20(18)38-24;/h5,7,11,13,17,19H,4,6,8-10,12H2,1-3H3,(H,28,34)(H,29,35)(H,30,36);1H/t13-,17-,19+;/m0./s1. The third-order valence-electron chi connectivity index (χ3n) is 6.78. The number of aromatic nitrogens is 1. The summed E-state index contributed by atoms with van der Waals surface area (Å²) in [7, 11) is 5.40. The summed E-state index contributed by atoms with van der Waals surface area (Å²) in [5.74, 6) is -2.49. The minimum atomic E-state index is -0.900. The first-order valence-electron chi connectivity index (χ1n) is 12.3. The second-order valence-corrected chi connectivity index (χ2v) is 11.8.